The van der Waals surface area contributed by atoms with Crippen LogP contribution in [0.4, 0.5) is 0 Å². The number of rotatable bonds is 3. The normalized spacial score (nSPS) is 17.6. The standard InChI is InChI=1S/C20H24N2O2/c1-14-8-9-15(2)17(12-14)20(23)22-11-10-21-13-18(22)16-6-4-5-7-19(16)24-3/h4-9,12,18,21H,10-11,13H2,1-3H3. The molecule has 0 spiro atoms. The molecule has 4 heteroatoms. The summed E-state index contributed by atoms with van der Waals surface area (Å²) in [5.74, 6) is 0.915. The SMILES string of the molecule is COc1ccccc1C1CNCCN1C(=O)c1cc(C)ccc1C. The Hall–Kier alpha value is -2.33. The van der Waals surface area contributed by atoms with E-state index in [1.54, 1.807) is 7.11 Å². The smallest absolute Gasteiger partial charge is 0.254 e. The first-order valence-corrected chi connectivity index (χ1v) is 8.33. The zero-order valence-electron chi connectivity index (χ0n) is 14.5. The minimum atomic E-state index is -0.0256. The highest BCUT2D eigenvalue weighted by Gasteiger charge is 2.30. The minimum Gasteiger partial charge on any atom is -0.496 e. The number of para-hydroxylation sites is 1. The van der Waals surface area contributed by atoms with Crippen LogP contribution in [0.25, 0.3) is 0 Å². The lowest BCUT2D eigenvalue weighted by Gasteiger charge is -2.37. The van der Waals surface area contributed by atoms with Crippen molar-refractivity contribution < 1.29 is 9.53 Å². The van der Waals surface area contributed by atoms with Crippen LogP contribution in [0.1, 0.15) is 33.1 Å². The van der Waals surface area contributed by atoms with Crippen molar-refractivity contribution >= 4 is 5.91 Å². The van der Waals surface area contributed by atoms with Crippen molar-refractivity contribution in [3.8, 4) is 5.75 Å². The molecule has 1 aliphatic heterocycles. The highest BCUT2D eigenvalue weighted by molar-refractivity contribution is 5.96. The number of amides is 1. The van der Waals surface area contributed by atoms with Gasteiger partial charge in [0.15, 0.2) is 0 Å². The molecule has 1 aliphatic rings. The Morgan fingerprint density at radius 2 is 2.00 bits per heavy atom. The highest BCUT2D eigenvalue weighted by Crippen LogP contribution is 2.31. The molecule has 0 bridgehead atoms. The van der Waals surface area contributed by atoms with Gasteiger partial charge in [0, 0.05) is 30.8 Å². The van der Waals surface area contributed by atoms with Crippen LogP contribution in [0, 0.1) is 13.8 Å². The number of nitrogens with one attached hydrogen (secondary N) is 1. The molecule has 1 unspecified atom stereocenters. The molecule has 1 fully saturated rings. The first-order chi connectivity index (χ1) is 11.6. The maximum Gasteiger partial charge on any atom is 0.254 e. The van der Waals surface area contributed by atoms with E-state index in [4.69, 9.17) is 4.74 Å². The molecule has 0 aliphatic carbocycles. The summed E-state index contributed by atoms with van der Waals surface area (Å²) < 4.78 is 5.51. The first-order valence-electron chi connectivity index (χ1n) is 8.33. The Labute approximate surface area is 143 Å². The number of aryl methyl sites for hydroxylation is 2. The van der Waals surface area contributed by atoms with E-state index in [9.17, 15) is 4.79 Å². The van der Waals surface area contributed by atoms with E-state index in [-0.39, 0.29) is 11.9 Å². The van der Waals surface area contributed by atoms with Gasteiger partial charge in [-0.1, -0.05) is 35.9 Å². The molecule has 2 aromatic carbocycles. The van der Waals surface area contributed by atoms with Gasteiger partial charge in [0.2, 0.25) is 0 Å². The Morgan fingerprint density at radius 1 is 1.21 bits per heavy atom. The molecule has 0 saturated carbocycles. The van der Waals surface area contributed by atoms with Crippen LogP contribution < -0.4 is 10.1 Å². The van der Waals surface area contributed by atoms with Crippen LogP contribution in [-0.2, 0) is 0 Å². The Balaban J connectivity index is 1.98. The van der Waals surface area contributed by atoms with Gasteiger partial charge in [-0.05, 0) is 31.5 Å². The van der Waals surface area contributed by atoms with Crippen molar-refractivity contribution in [1.82, 2.24) is 10.2 Å². The van der Waals surface area contributed by atoms with Gasteiger partial charge >= 0.3 is 0 Å². The lowest BCUT2D eigenvalue weighted by Crippen LogP contribution is -2.49. The molecule has 1 N–H and O–H groups in total. The third-order valence-corrected chi connectivity index (χ3v) is 4.63. The summed E-state index contributed by atoms with van der Waals surface area (Å²) in [6.45, 7) is 6.24. The Bertz CT molecular complexity index is 742. The van der Waals surface area contributed by atoms with Crippen LogP contribution >= 0.6 is 0 Å². The van der Waals surface area contributed by atoms with E-state index in [1.807, 2.05) is 61.2 Å². The predicted molar refractivity (Wildman–Crippen MR) is 95.6 cm³/mol. The molecule has 0 radical (unpaired) electrons. The second-order valence-corrected chi connectivity index (χ2v) is 6.28. The molecular formula is C20H24N2O2. The fourth-order valence-corrected chi connectivity index (χ4v) is 3.29. The zero-order valence-corrected chi connectivity index (χ0v) is 14.5. The van der Waals surface area contributed by atoms with E-state index in [1.165, 1.54) is 0 Å². The monoisotopic (exact) mass is 324 g/mol. The second kappa shape index (κ2) is 7.05. The van der Waals surface area contributed by atoms with E-state index in [0.717, 1.165) is 41.1 Å². The maximum absolute atomic E-state index is 13.2. The summed E-state index contributed by atoms with van der Waals surface area (Å²) in [5, 5.41) is 3.40. The third kappa shape index (κ3) is 3.15. The minimum absolute atomic E-state index is 0.0256. The van der Waals surface area contributed by atoms with E-state index < -0.39 is 0 Å². The number of hydrogen-bond acceptors (Lipinski definition) is 3. The van der Waals surface area contributed by atoms with Crippen molar-refractivity contribution in [1.29, 1.82) is 0 Å². The van der Waals surface area contributed by atoms with Gasteiger partial charge < -0.3 is 15.0 Å². The summed E-state index contributed by atoms with van der Waals surface area (Å²) in [7, 11) is 1.67. The molecule has 1 heterocycles. The number of hydrogen-bond donors (Lipinski definition) is 1. The number of nitrogens with zero attached hydrogens (tertiary/aromatic N) is 1. The number of piperazine rings is 1. The zero-order chi connectivity index (χ0) is 17.1. The average Bonchev–Trinajstić information content (AvgIpc) is 2.63. The van der Waals surface area contributed by atoms with Crippen LogP contribution in [0.5, 0.6) is 5.75 Å². The molecule has 4 nitrogen and oxygen atoms in total. The Morgan fingerprint density at radius 3 is 2.79 bits per heavy atom. The van der Waals surface area contributed by atoms with Gasteiger partial charge in [-0.3, -0.25) is 4.79 Å². The molecule has 126 valence electrons. The molecule has 24 heavy (non-hydrogen) atoms. The number of methoxy groups -OCH3 is 1. The summed E-state index contributed by atoms with van der Waals surface area (Å²) in [6.07, 6.45) is 0. The predicted octanol–water partition coefficient (Wildman–Crippen LogP) is 3.10. The highest BCUT2D eigenvalue weighted by atomic mass is 16.5. The number of ether oxygens (including phenoxy) is 1. The fourth-order valence-electron chi connectivity index (χ4n) is 3.29. The quantitative estimate of drug-likeness (QED) is 0.943. The van der Waals surface area contributed by atoms with Gasteiger partial charge in [0.25, 0.3) is 5.91 Å². The van der Waals surface area contributed by atoms with Crippen LogP contribution in [0.2, 0.25) is 0 Å². The second-order valence-electron chi connectivity index (χ2n) is 6.28. The topological polar surface area (TPSA) is 41.6 Å². The van der Waals surface area contributed by atoms with Crippen molar-refractivity contribution in [3.05, 3.63) is 64.7 Å². The fraction of sp³-hybridized carbons (Fsp3) is 0.350. The molecular weight excluding hydrogens is 300 g/mol. The van der Waals surface area contributed by atoms with Gasteiger partial charge in [0.05, 0.1) is 13.2 Å². The molecule has 3 rings (SSSR count). The molecule has 0 aromatic heterocycles. The van der Waals surface area contributed by atoms with Crippen LogP contribution in [-0.4, -0.2) is 37.6 Å². The summed E-state index contributed by atoms with van der Waals surface area (Å²) in [4.78, 5) is 15.2. The molecule has 2 aromatic rings. The van der Waals surface area contributed by atoms with Crippen LogP contribution in [0.3, 0.4) is 0 Å². The average molecular weight is 324 g/mol. The molecule has 1 amide bonds. The molecule has 1 atom stereocenters. The first kappa shape index (κ1) is 16.5. The van der Waals surface area contributed by atoms with Crippen LogP contribution in [0.15, 0.2) is 42.5 Å². The lowest BCUT2D eigenvalue weighted by atomic mass is 9.99. The molecule has 1 saturated heterocycles. The van der Waals surface area contributed by atoms with E-state index in [0.29, 0.717) is 6.54 Å². The van der Waals surface area contributed by atoms with Gasteiger partial charge in [-0.25, -0.2) is 0 Å². The lowest BCUT2D eigenvalue weighted by molar-refractivity contribution is 0.0631. The van der Waals surface area contributed by atoms with E-state index >= 15 is 0 Å². The number of carbonyl (C=O) groups excluding carboxylic acids is 1. The largest absolute Gasteiger partial charge is 0.496 e. The van der Waals surface area contributed by atoms with Crippen molar-refractivity contribution in [2.75, 3.05) is 26.7 Å². The van der Waals surface area contributed by atoms with Gasteiger partial charge in [-0.2, -0.15) is 0 Å². The van der Waals surface area contributed by atoms with Crippen molar-refractivity contribution in [2.45, 2.75) is 19.9 Å². The maximum atomic E-state index is 13.2. The number of benzene rings is 2. The van der Waals surface area contributed by atoms with Gasteiger partial charge in [-0.15, -0.1) is 0 Å². The van der Waals surface area contributed by atoms with E-state index in [2.05, 4.69) is 5.32 Å². The third-order valence-electron chi connectivity index (χ3n) is 4.63. The number of carbonyl (C=O) groups is 1. The summed E-state index contributed by atoms with van der Waals surface area (Å²) in [6, 6.07) is 14.0. The summed E-state index contributed by atoms with van der Waals surface area (Å²) >= 11 is 0. The van der Waals surface area contributed by atoms with Crippen molar-refractivity contribution in [3.63, 3.8) is 0 Å². The summed E-state index contributed by atoms with van der Waals surface area (Å²) in [5.41, 5.74) is 3.96. The van der Waals surface area contributed by atoms with Gasteiger partial charge in [0.1, 0.15) is 5.75 Å². The Kier molecular flexibility index (Phi) is 4.86. The van der Waals surface area contributed by atoms with Crippen molar-refractivity contribution in [2.24, 2.45) is 0 Å².